The van der Waals surface area contributed by atoms with Gasteiger partial charge in [-0.1, -0.05) is 24.6 Å². The van der Waals surface area contributed by atoms with Crippen LogP contribution in [0.25, 0.3) is 0 Å². The van der Waals surface area contributed by atoms with Crippen LogP contribution < -0.4 is 5.32 Å². The summed E-state index contributed by atoms with van der Waals surface area (Å²) in [5, 5.41) is 3.37. The van der Waals surface area contributed by atoms with Crippen LogP contribution in [0.2, 0.25) is 0 Å². The van der Waals surface area contributed by atoms with Gasteiger partial charge in [-0.05, 0) is 51.2 Å². The van der Waals surface area contributed by atoms with E-state index < -0.39 is 10.0 Å². The molecule has 0 aliphatic carbocycles. The lowest BCUT2D eigenvalue weighted by atomic mass is 10.1. The second-order valence-corrected chi connectivity index (χ2v) is 9.79. The van der Waals surface area contributed by atoms with E-state index in [4.69, 9.17) is 9.73 Å². The van der Waals surface area contributed by atoms with Crippen LogP contribution in [-0.4, -0.2) is 69.0 Å². The topological polar surface area (TPSA) is 74.2 Å². The van der Waals surface area contributed by atoms with Crippen molar-refractivity contribution in [1.82, 2.24) is 14.5 Å². The molecule has 2 saturated heterocycles. The number of benzene rings is 1. The van der Waals surface area contributed by atoms with Gasteiger partial charge in [-0.15, -0.1) is 0 Å². The summed E-state index contributed by atoms with van der Waals surface area (Å²) in [5.41, 5.74) is 0.752. The summed E-state index contributed by atoms with van der Waals surface area (Å²) in [7, 11) is -3.48. The van der Waals surface area contributed by atoms with Crippen LogP contribution in [-0.2, 0) is 21.3 Å². The lowest BCUT2D eigenvalue weighted by molar-refractivity contribution is 0.0263. The maximum Gasteiger partial charge on any atom is 0.243 e. The van der Waals surface area contributed by atoms with Gasteiger partial charge in [-0.2, -0.15) is 4.31 Å². The summed E-state index contributed by atoms with van der Waals surface area (Å²) < 4.78 is 33.8. The van der Waals surface area contributed by atoms with Gasteiger partial charge in [0.05, 0.1) is 17.5 Å². The van der Waals surface area contributed by atoms with Crippen LogP contribution in [0.15, 0.2) is 34.2 Å². The molecular formula is C22H36N4O3S. The molecule has 3 rings (SSSR count). The van der Waals surface area contributed by atoms with E-state index in [-0.39, 0.29) is 0 Å². The Morgan fingerprint density at radius 2 is 1.80 bits per heavy atom. The average molecular weight is 437 g/mol. The summed E-state index contributed by atoms with van der Waals surface area (Å²) >= 11 is 0. The molecule has 0 saturated carbocycles. The van der Waals surface area contributed by atoms with Crippen molar-refractivity contribution in [3.05, 3.63) is 29.8 Å². The zero-order valence-corrected chi connectivity index (χ0v) is 19.2. The number of rotatable bonds is 7. The highest BCUT2D eigenvalue weighted by Crippen LogP contribution is 2.24. The normalized spacial score (nSPS) is 19.8. The molecule has 2 heterocycles. The Morgan fingerprint density at radius 3 is 2.47 bits per heavy atom. The molecule has 7 nitrogen and oxygen atoms in total. The maximum atomic E-state index is 13.2. The molecule has 1 aromatic carbocycles. The molecule has 1 N–H and O–H groups in total. The Kier molecular flexibility index (Phi) is 8.53. The molecular weight excluding hydrogens is 400 g/mol. The molecule has 2 aliphatic rings. The zero-order valence-electron chi connectivity index (χ0n) is 18.3. The SMILES string of the molecule is CCNC(=NCc1ccccc1S(=O)(=O)N1CCCCC1)N1CCC(OCC)CC1. The van der Waals surface area contributed by atoms with Crippen LogP contribution in [0.5, 0.6) is 0 Å². The number of hydrogen-bond donors (Lipinski definition) is 1. The van der Waals surface area contributed by atoms with E-state index >= 15 is 0 Å². The molecule has 0 unspecified atom stereocenters. The molecule has 30 heavy (non-hydrogen) atoms. The van der Waals surface area contributed by atoms with E-state index in [2.05, 4.69) is 17.1 Å². The van der Waals surface area contributed by atoms with Crippen LogP contribution in [0.1, 0.15) is 51.5 Å². The molecule has 2 aliphatic heterocycles. The highest BCUT2D eigenvalue weighted by molar-refractivity contribution is 7.89. The van der Waals surface area contributed by atoms with Gasteiger partial charge in [0.2, 0.25) is 10.0 Å². The third-order valence-electron chi connectivity index (χ3n) is 5.78. The highest BCUT2D eigenvalue weighted by atomic mass is 32.2. The van der Waals surface area contributed by atoms with Crippen molar-refractivity contribution in [1.29, 1.82) is 0 Å². The monoisotopic (exact) mass is 436 g/mol. The van der Waals surface area contributed by atoms with Crippen LogP contribution in [0, 0.1) is 0 Å². The van der Waals surface area contributed by atoms with Crippen LogP contribution >= 0.6 is 0 Å². The first-order valence-corrected chi connectivity index (χ1v) is 12.7. The fourth-order valence-electron chi connectivity index (χ4n) is 4.19. The highest BCUT2D eigenvalue weighted by Gasteiger charge is 2.28. The average Bonchev–Trinajstić information content (AvgIpc) is 2.78. The molecule has 0 bridgehead atoms. The molecule has 0 spiro atoms. The van der Waals surface area contributed by atoms with Crippen molar-refractivity contribution < 1.29 is 13.2 Å². The van der Waals surface area contributed by atoms with E-state index in [1.807, 2.05) is 19.1 Å². The summed E-state index contributed by atoms with van der Waals surface area (Å²) in [5.74, 6) is 0.845. The molecule has 0 aromatic heterocycles. The van der Waals surface area contributed by atoms with Gasteiger partial charge < -0.3 is 15.0 Å². The lowest BCUT2D eigenvalue weighted by Crippen LogP contribution is -2.47. The van der Waals surface area contributed by atoms with Gasteiger partial charge in [0, 0.05) is 39.3 Å². The van der Waals surface area contributed by atoms with Crippen molar-refractivity contribution in [3.63, 3.8) is 0 Å². The van der Waals surface area contributed by atoms with Gasteiger partial charge >= 0.3 is 0 Å². The number of guanidine groups is 1. The van der Waals surface area contributed by atoms with E-state index in [9.17, 15) is 8.42 Å². The Balaban J connectivity index is 1.75. The van der Waals surface area contributed by atoms with Crippen molar-refractivity contribution in [2.75, 3.05) is 39.3 Å². The van der Waals surface area contributed by atoms with E-state index in [1.165, 1.54) is 0 Å². The standard InChI is InChI=1S/C22H36N4O3S/c1-3-23-22(25-16-12-20(13-17-25)29-4-2)24-18-19-10-6-7-11-21(19)30(27,28)26-14-8-5-9-15-26/h6-7,10-11,20H,3-5,8-9,12-18H2,1-2H3,(H,23,24). The Bertz CT molecular complexity index is 798. The van der Waals surface area contributed by atoms with Gasteiger partial charge in [0.1, 0.15) is 0 Å². The number of aliphatic imine (C=N–C) groups is 1. The minimum absolute atomic E-state index is 0.324. The number of nitrogens with zero attached hydrogens (tertiary/aromatic N) is 3. The van der Waals surface area contributed by atoms with Crippen molar-refractivity contribution >= 4 is 16.0 Å². The Morgan fingerprint density at radius 1 is 1.10 bits per heavy atom. The van der Waals surface area contributed by atoms with Gasteiger partial charge in [0.15, 0.2) is 5.96 Å². The fraction of sp³-hybridized carbons (Fsp3) is 0.682. The molecule has 0 atom stereocenters. The van der Waals surface area contributed by atoms with Gasteiger partial charge in [-0.3, -0.25) is 0 Å². The van der Waals surface area contributed by atoms with Crippen molar-refractivity contribution in [2.24, 2.45) is 4.99 Å². The summed E-state index contributed by atoms with van der Waals surface area (Å²) in [4.78, 5) is 7.45. The first-order valence-electron chi connectivity index (χ1n) is 11.3. The number of ether oxygens (including phenoxy) is 1. The summed E-state index contributed by atoms with van der Waals surface area (Å²) in [6, 6.07) is 7.29. The van der Waals surface area contributed by atoms with Crippen LogP contribution in [0.3, 0.4) is 0 Å². The number of piperidine rings is 2. The lowest BCUT2D eigenvalue weighted by Gasteiger charge is -2.34. The summed E-state index contributed by atoms with van der Waals surface area (Å²) in [6.07, 6.45) is 5.26. The molecule has 0 radical (unpaired) electrons. The molecule has 168 valence electrons. The Labute approximate surface area is 181 Å². The number of nitrogens with one attached hydrogen (secondary N) is 1. The zero-order chi connectivity index (χ0) is 21.4. The van der Waals surface area contributed by atoms with Crippen molar-refractivity contribution in [3.8, 4) is 0 Å². The molecule has 8 heteroatoms. The summed E-state index contributed by atoms with van der Waals surface area (Å²) in [6.45, 7) is 8.96. The third-order valence-corrected chi connectivity index (χ3v) is 7.78. The molecule has 1 aromatic rings. The smallest absolute Gasteiger partial charge is 0.243 e. The first-order chi connectivity index (χ1) is 14.6. The number of likely N-dealkylation sites (tertiary alicyclic amines) is 1. The van der Waals surface area contributed by atoms with Gasteiger partial charge in [-0.25, -0.2) is 13.4 Å². The second kappa shape index (κ2) is 11.1. The largest absolute Gasteiger partial charge is 0.378 e. The number of sulfonamides is 1. The van der Waals surface area contributed by atoms with E-state index in [0.717, 1.165) is 69.9 Å². The quantitative estimate of drug-likeness (QED) is 0.526. The van der Waals surface area contributed by atoms with Crippen LogP contribution in [0.4, 0.5) is 0 Å². The van der Waals surface area contributed by atoms with E-state index in [1.54, 1.807) is 16.4 Å². The maximum absolute atomic E-state index is 13.2. The molecule has 0 amide bonds. The molecule has 2 fully saturated rings. The van der Waals surface area contributed by atoms with Crippen molar-refractivity contribution in [2.45, 2.75) is 63.5 Å². The fourth-order valence-corrected chi connectivity index (χ4v) is 5.92. The Hall–Kier alpha value is -1.64. The minimum atomic E-state index is -3.48. The van der Waals surface area contributed by atoms with Gasteiger partial charge in [0.25, 0.3) is 0 Å². The number of hydrogen-bond acceptors (Lipinski definition) is 4. The predicted molar refractivity (Wildman–Crippen MR) is 120 cm³/mol. The second-order valence-electron chi connectivity index (χ2n) is 7.88. The first kappa shape index (κ1) is 23.0. The van der Waals surface area contributed by atoms with E-state index in [0.29, 0.717) is 30.6 Å². The third kappa shape index (κ3) is 5.74. The predicted octanol–water partition coefficient (Wildman–Crippen LogP) is 2.83. The minimum Gasteiger partial charge on any atom is -0.378 e.